The second-order valence-electron chi connectivity index (χ2n) is 3.53. The van der Waals surface area contributed by atoms with Crippen LogP contribution in [0.1, 0.15) is 6.92 Å². The van der Waals surface area contributed by atoms with E-state index in [9.17, 15) is 0 Å². The van der Waals surface area contributed by atoms with Crippen molar-refractivity contribution in [2.45, 2.75) is 6.92 Å². The van der Waals surface area contributed by atoms with Gasteiger partial charge in [-0.05, 0) is 43.4 Å². The van der Waals surface area contributed by atoms with Gasteiger partial charge in [-0.2, -0.15) is 0 Å². The number of aliphatic hydroxyl groups excluding tert-OH is 1. The number of benzene rings is 1. The number of hydrogen-bond acceptors (Lipinski definition) is 3. The highest BCUT2D eigenvalue weighted by molar-refractivity contribution is 7.80. The van der Waals surface area contributed by atoms with Gasteiger partial charge in [0.15, 0.2) is 5.11 Å². The van der Waals surface area contributed by atoms with Crippen LogP contribution in [0.25, 0.3) is 0 Å². The highest BCUT2D eigenvalue weighted by Crippen LogP contribution is 2.15. The first-order valence-corrected chi connectivity index (χ1v) is 5.94. The van der Waals surface area contributed by atoms with E-state index in [1.54, 1.807) is 4.90 Å². The summed E-state index contributed by atoms with van der Waals surface area (Å²) in [7, 11) is 1.83. The highest BCUT2D eigenvalue weighted by atomic mass is 32.1. The van der Waals surface area contributed by atoms with Crippen LogP contribution in [0.4, 0.5) is 5.69 Å². The van der Waals surface area contributed by atoms with E-state index in [1.807, 2.05) is 38.2 Å². The summed E-state index contributed by atoms with van der Waals surface area (Å²) in [6.45, 7) is 3.21. The fourth-order valence-corrected chi connectivity index (χ4v) is 1.48. The molecule has 1 aromatic rings. The van der Waals surface area contributed by atoms with Gasteiger partial charge in [-0.15, -0.1) is 0 Å². The van der Waals surface area contributed by atoms with Gasteiger partial charge in [-0.25, -0.2) is 0 Å². The van der Waals surface area contributed by atoms with Gasteiger partial charge in [-0.3, -0.25) is 0 Å². The van der Waals surface area contributed by atoms with E-state index in [-0.39, 0.29) is 6.61 Å². The third kappa shape index (κ3) is 4.58. The fraction of sp³-hybridized carbons (Fsp3) is 0.417. The molecule has 0 bridgehead atoms. The van der Waals surface area contributed by atoms with Gasteiger partial charge >= 0.3 is 0 Å². The zero-order valence-corrected chi connectivity index (χ0v) is 11.0. The summed E-state index contributed by atoms with van der Waals surface area (Å²) < 4.78 is 5.35. The van der Waals surface area contributed by atoms with E-state index in [0.717, 1.165) is 11.4 Å². The largest absolute Gasteiger partial charge is 0.494 e. The Morgan fingerprint density at radius 3 is 2.59 bits per heavy atom. The predicted octanol–water partition coefficient (Wildman–Crippen LogP) is 1.71. The van der Waals surface area contributed by atoms with Gasteiger partial charge in [0.25, 0.3) is 0 Å². The summed E-state index contributed by atoms with van der Waals surface area (Å²) in [5.74, 6) is 0.840. The average molecular weight is 254 g/mol. The Morgan fingerprint density at radius 2 is 2.06 bits per heavy atom. The maximum Gasteiger partial charge on any atom is 0.173 e. The highest BCUT2D eigenvalue weighted by Gasteiger charge is 2.03. The van der Waals surface area contributed by atoms with E-state index < -0.39 is 0 Å². The molecule has 0 fully saturated rings. The van der Waals surface area contributed by atoms with Gasteiger partial charge in [0.1, 0.15) is 5.75 Å². The quantitative estimate of drug-likeness (QED) is 0.783. The van der Waals surface area contributed by atoms with Crippen molar-refractivity contribution in [3.05, 3.63) is 24.3 Å². The lowest BCUT2D eigenvalue weighted by Gasteiger charge is -2.19. The van der Waals surface area contributed by atoms with Crippen molar-refractivity contribution < 1.29 is 9.84 Å². The van der Waals surface area contributed by atoms with Crippen LogP contribution < -0.4 is 10.1 Å². The van der Waals surface area contributed by atoms with Crippen molar-refractivity contribution in [1.29, 1.82) is 0 Å². The first-order valence-electron chi connectivity index (χ1n) is 5.53. The molecule has 0 atom stereocenters. The summed E-state index contributed by atoms with van der Waals surface area (Å²) >= 11 is 5.18. The second-order valence-corrected chi connectivity index (χ2v) is 3.92. The van der Waals surface area contributed by atoms with Gasteiger partial charge in [-0.1, -0.05) is 0 Å². The van der Waals surface area contributed by atoms with E-state index in [0.29, 0.717) is 18.3 Å². The van der Waals surface area contributed by atoms with Crippen molar-refractivity contribution in [2.75, 3.05) is 32.1 Å². The summed E-state index contributed by atoms with van der Waals surface area (Å²) in [5, 5.41) is 12.5. The standard InChI is InChI=1S/C12H18N2O2S/c1-3-16-11-6-4-10(5-7-11)13-12(17)14(2)8-9-15/h4-7,15H,3,8-9H2,1-2H3,(H,13,17). The molecular formula is C12H18N2O2S. The molecule has 0 aliphatic heterocycles. The number of hydrogen-bond donors (Lipinski definition) is 2. The van der Waals surface area contributed by atoms with E-state index in [4.69, 9.17) is 22.1 Å². The minimum atomic E-state index is 0.0849. The summed E-state index contributed by atoms with van der Waals surface area (Å²) in [5.41, 5.74) is 0.906. The van der Waals surface area contributed by atoms with Crippen molar-refractivity contribution in [3.63, 3.8) is 0 Å². The number of ether oxygens (including phenoxy) is 1. The van der Waals surface area contributed by atoms with Gasteiger partial charge in [0, 0.05) is 19.3 Å². The van der Waals surface area contributed by atoms with Crippen LogP contribution in [0.5, 0.6) is 5.75 Å². The van der Waals surface area contributed by atoms with E-state index >= 15 is 0 Å². The minimum Gasteiger partial charge on any atom is -0.494 e. The molecule has 5 heteroatoms. The van der Waals surface area contributed by atoms with Crippen molar-refractivity contribution in [2.24, 2.45) is 0 Å². The molecule has 0 aromatic heterocycles. The predicted molar refractivity (Wildman–Crippen MR) is 73.5 cm³/mol. The van der Waals surface area contributed by atoms with Gasteiger partial charge < -0.3 is 20.1 Å². The average Bonchev–Trinajstić information content (AvgIpc) is 2.32. The zero-order valence-electron chi connectivity index (χ0n) is 10.1. The Bertz CT molecular complexity index is 354. The number of nitrogens with one attached hydrogen (secondary N) is 1. The molecule has 0 heterocycles. The summed E-state index contributed by atoms with van der Waals surface area (Å²) in [6, 6.07) is 7.59. The Morgan fingerprint density at radius 1 is 1.41 bits per heavy atom. The molecule has 17 heavy (non-hydrogen) atoms. The molecule has 0 aliphatic rings. The Hall–Kier alpha value is -1.33. The lowest BCUT2D eigenvalue weighted by Crippen LogP contribution is -2.33. The Kier molecular flexibility index (Phi) is 5.72. The lowest BCUT2D eigenvalue weighted by atomic mass is 10.3. The maximum atomic E-state index is 8.80. The van der Waals surface area contributed by atoms with Crippen molar-refractivity contribution in [3.8, 4) is 5.75 Å². The number of likely N-dealkylation sites (N-methyl/N-ethyl adjacent to an activating group) is 1. The molecular weight excluding hydrogens is 236 g/mol. The van der Waals surface area contributed by atoms with Crippen LogP contribution in [0.3, 0.4) is 0 Å². The van der Waals surface area contributed by atoms with Crippen LogP contribution in [0.2, 0.25) is 0 Å². The van der Waals surface area contributed by atoms with E-state index in [1.165, 1.54) is 0 Å². The van der Waals surface area contributed by atoms with E-state index in [2.05, 4.69) is 5.32 Å². The van der Waals surface area contributed by atoms with Crippen LogP contribution in [0.15, 0.2) is 24.3 Å². The van der Waals surface area contributed by atoms with Crippen molar-refractivity contribution >= 4 is 23.0 Å². The van der Waals surface area contributed by atoms with Crippen LogP contribution in [-0.2, 0) is 0 Å². The van der Waals surface area contributed by atoms with Crippen LogP contribution in [0, 0.1) is 0 Å². The SMILES string of the molecule is CCOc1ccc(NC(=S)N(C)CCO)cc1. The zero-order chi connectivity index (χ0) is 12.7. The number of thiocarbonyl (C=S) groups is 1. The van der Waals surface area contributed by atoms with Gasteiger partial charge in [0.05, 0.1) is 13.2 Å². The molecule has 1 rings (SSSR count). The molecule has 4 nitrogen and oxygen atoms in total. The molecule has 0 saturated heterocycles. The Labute approximate surface area is 107 Å². The smallest absolute Gasteiger partial charge is 0.173 e. The molecule has 0 unspecified atom stereocenters. The summed E-state index contributed by atoms with van der Waals surface area (Å²) in [6.07, 6.45) is 0. The number of rotatable bonds is 5. The first kappa shape index (κ1) is 13.7. The third-order valence-corrected chi connectivity index (χ3v) is 2.61. The first-order chi connectivity index (χ1) is 8.17. The fourth-order valence-electron chi connectivity index (χ4n) is 1.27. The van der Waals surface area contributed by atoms with Crippen LogP contribution >= 0.6 is 12.2 Å². The normalized spacial score (nSPS) is 9.82. The molecule has 0 amide bonds. The van der Waals surface area contributed by atoms with Crippen molar-refractivity contribution in [1.82, 2.24) is 4.90 Å². The number of anilines is 1. The molecule has 2 N–H and O–H groups in total. The Balaban J connectivity index is 2.53. The number of nitrogens with zero attached hydrogens (tertiary/aromatic N) is 1. The minimum absolute atomic E-state index is 0.0849. The molecule has 1 aromatic carbocycles. The second kappa shape index (κ2) is 7.09. The topological polar surface area (TPSA) is 44.7 Å². The van der Waals surface area contributed by atoms with Crippen LogP contribution in [-0.4, -0.2) is 41.9 Å². The lowest BCUT2D eigenvalue weighted by molar-refractivity contribution is 0.265. The van der Waals surface area contributed by atoms with Gasteiger partial charge in [0.2, 0.25) is 0 Å². The molecule has 0 aliphatic carbocycles. The third-order valence-electron chi connectivity index (χ3n) is 2.20. The molecule has 94 valence electrons. The summed E-state index contributed by atoms with van der Waals surface area (Å²) in [4.78, 5) is 1.78. The maximum absolute atomic E-state index is 8.80. The monoisotopic (exact) mass is 254 g/mol. The molecule has 0 saturated carbocycles. The molecule has 0 radical (unpaired) electrons. The molecule has 0 spiro atoms. The number of aliphatic hydroxyl groups is 1.